The number of carbonyl (C=O) groups is 3. The average Bonchev–Trinajstić information content (AvgIpc) is 2.80. The van der Waals surface area contributed by atoms with Crippen LogP contribution in [0, 0.1) is 5.82 Å². The molecule has 3 rings (SSSR count). The van der Waals surface area contributed by atoms with E-state index in [-0.39, 0.29) is 25.4 Å². The van der Waals surface area contributed by atoms with Crippen LogP contribution < -0.4 is 10.6 Å². The average molecular weight is 434 g/mol. The standard InChI is InChI=1S/C25H23FN2O4/c26-20-9-11-21(12-10-20)28-25(31)19-7-4-8-22(17-19)27-23(29)13-14-24(30)32-16-15-18-5-2-1-3-6-18/h1-12,17H,13-16H2,(H,27,29)(H,28,31). The van der Waals surface area contributed by atoms with Gasteiger partial charge in [0.25, 0.3) is 5.91 Å². The number of nitrogens with one attached hydrogen (secondary N) is 2. The van der Waals surface area contributed by atoms with E-state index in [1.54, 1.807) is 18.2 Å². The zero-order valence-electron chi connectivity index (χ0n) is 17.3. The van der Waals surface area contributed by atoms with Crippen LogP contribution in [-0.4, -0.2) is 24.4 Å². The van der Waals surface area contributed by atoms with Crippen molar-refractivity contribution in [1.82, 2.24) is 0 Å². The highest BCUT2D eigenvalue weighted by Crippen LogP contribution is 2.15. The Morgan fingerprint density at radius 2 is 1.53 bits per heavy atom. The summed E-state index contributed by atoms with van der Waals surface area (Å²) in [6, 6.07) is 21.5. The molecule has 6 nitrogen and oxygen atoms in total. The van der Waals surface area contributed by atoms with Gasteiger partial charge in [0.2, 0.25) is 5.91 Å². The fraction of sp³-hybridized carbons (Fsp3) is 0.160. The first kappa shape index (κ1) is 22.7. The van der Waals surface area contributed by atoms with Crippen molar-refractivity contribution in [3.8, 4) is 0 Å². The maximum atomic E-state index is 13.0. The van der Waals surface area contributed by atoms with E-state index >= 15 is 0 Å². The molecule has 0 spiro atoms. The lowest BCUT2D eigenvalue weighted by molar-refractivity contribution is -0.144. The SMILES string of the molecule is O=C(CCC(=O)OCCc1ccccc1)Nc1cccc(C(=O)Nc2ccc(F)cc2)c1. The van der Waals surface area contributed by atoms with Crippen molar-refractivity contribution in [1.29, 1.82) is 0 Å². The number of anilines is 2. The molecule has 2 N–H and O–H groups in total. The third kappa shape index (κ3) is 7.36. The Labute approximate surface area is 185 Å². The molecule has 0 radical (unpaired) electrons. The number of benzene rings is 3. The number of amides is 2. The second-order valence-corrected chi connectivity index (χ2v) is 7.05. The van der Waals surface area contributed by atoms with E-state index in [1.165, 1.54) is 30.3 Å². The molecular formula is C25H23FN2O4. The summed E-state index contributed by atoms with van der Waals surface area (Å²) in [5.74, 6) is -1.59. The van der Waals surface area contributed by atoms with Crippen LogP contribution in [0.2, 0.25) is 0 Å². The Hall–Kier alpha value is -4.00. The minimum Gasteiger partial charge on any atom is -0.465 e. The third-order valence-corrected chi connectivity index (χ3v) is 4.56. The van der Waals surface area contributed by atoms with Gasteiger partial charge in [0.05, 0.1) is 13.0 Å². The molecule has 7 heteroatoms. The second kappa shape index (κ2) is 11.4. The van der Waals surface area contributed by atoms with Crippen molar-refractivity contribution in [3.63, 3.8) is 0 Å². The summed E-state index contributed by atoms with van der Waals surface area (Å²) in [6.45, 7) is 0.260. The molecule has 32 heavy (non-hydrogen) atoms. The Kier molecular flexibility index (Phi) is 8.09. The zero-order chi connectivity index (χ0) is 22.8. The van der Waals surface area contributed by atoms with E-state index < -0.39 is 17.7 Å². The minimum absolute atomic E-state index is 0.0316. The summed E-state index contributed by atoms with van der Waals surface area (Å²) in [5, 5.41) is 5.33. The molecule has 0 saturated heterocycles. The van der Waals surface area contributed by atoms with Crippen molar-refractivity contribution >= 4 is 29.2 Å². The van der Waals surface area contributed by atoms with Gasteiger partial charge in [0, 0.05) is 29.8 Å². The highest BCUT2D eigenvalue weighted by atomic mass is 19.1. The third-order valence-electron chi connectivity index (χ3n) is 4.56. The molecule has 0 unspecified atom stereocenters. The zero-order valence-corrected chi connectivity index (χ0v) is 17.3. The molecule has 3 aromatic rings. The van der Waals surface area contributed by atoms with Crippen LogP contribution in [-0.2, 0) is 20.7 Å². The maximum absolute atomic E-state index is 13.0. The van der Waals surface area contributed by atoms with Crippen LogP contribution in [0.5, 0.6) is 0 Å². The molecule has 2 amide bonds. The van der Waals surface area contributed by atoms with Crippen LogP contribution in [0.4, 0.5) is 15.8 Å². The number of rotatable bonds is 9. The number of ether oxygens (including phenoxy) is 1. The lowest BCUT2D eigenvalue weighted by Gasteiger charge is -2.09. The molecule has 0 bridgehead atoms. The molecule has 3 aromatic carbocycles. The lowest BCUT2D eigenvalue weighted by atomic mass is 10.1. The first-order chi connectivity index (χ1) is 15.5. The molecule has 0 saturated carbocycles. The lowest BCUT2D eigenvalue weighted by Crippen LogP contribution is -2.16. The summed E-state index contributed by atoms with van der Waals surface area (Å²) in [4.78, 5) is 36.4. The van der Waals surface area contributed by atoms with Crippen LogP contribution in [0.25, 0.3) is 0 Å². The Bertz CT molecular complexity index is 1070. The molecule has 0 aromatic heterocycles. The highest BCUT2D eigenvalue weighted by molar-refractivity contribution is 6.05. The fourth-order valence-electron chi connectivity index (χ4n) is 2.91. The van der Waals surface area contributed by atoms with Crippen LogP contribution >= 0.6 is 0 Å². The molecular weight excluding hydrogens is 411 g/mol. The first-order valence-corrected chi connectivity index (χ1v) is 10.2. The van der Waals surface area contributed by atoms with Crippen LogP contribution in [0.1, 0.15) is 28.8 Å². The predicted octanol–water partition coefficient (Wildman–Crippen LogP) is 4.58. The minimum atomic E-state index is -0.441. The number of hydrogen-bond acceptors (Lipinski definition) is 4. The van der Waals surface area contributed by atoms with E-state index in [0.717, 1.165) is 5.56 Å². The Morgan fingerprint density at radius 1 is 0.781 bits per heavy atom. The van der Waals surface area contributed by atoms with Gasteiger partial charge in [0.15, 0.2) is 0 Å². The normalized spacial score (nSPS) is 10.3. The molecule has 164 valence electrons. The van der Waals surface area contributed by atoms with Crippen molar-refractivity contribution in [2.24, 2.45) is 0 Å². The molecule has 0 fully saturated rings. The van der Waals surface area contributed by atoms with Gasteiger partial charge in [-0.15, -0.1) is 0 Å². The molecule has 0 atom stereocenters. The van der Waals surface area contributed by atoms with E-state index in [9.17, 15) is 18.8 Å². The van der Waals surface area contributed by atoms with Crippen molar-refractivity contribution in [2.45, 2.75) is 19.3 Å². The van der Waals surface area contributed by atoms with Gasteiger partial charge in [0.1, 0.15) is 5.82 Å². The van der Waals surface area contributed by atoms with Gasteiger partial charge >= 0.3 is 5.97 Å². The van der Waals surface area contributed by atoms with Gasteiger partial charge < -0.3 is 15.4 Å². The van der Waals surface area contributed by atoms with Gasteiger partial charge in [-0.2, -0.15) is 0 Å². The second-order valence-electron chi connectivity index (χ2n) is 7.05. The summed E-state index contributed by atoms with van der Waals surface area (Å²) in [5.41, 5.74) is 2.28. The number of halogens is 1. The maximum Gasteiger partial charge on any atom is 0.306 e. The van der Waals surface area contributed by atoms with Crippen LogP contribution in [0.15, 0.2) is 78.9 Å². The number of esters is 1. The quantitative estimate of drug-likeness (QED) is 0.483. The Balaban J connectivity index is 1.43. The summed E-state index contributed by atoms with van der Waals surface area (Å²) in [7, 11) is 0. The van der Waals surface area contributed by atoms with E-state index in [1.807, 2.05) is 30.3 Å². The van der Waals surface area contributed by atoms with Gasteiger partial charge in [-0.3, -0.25) is 14.4 Å². The van der Waals surface area contributed by atoms with Crippen molar-refractivity contribution in [2.75, 3.05) is 17.2 Å². The largest absolute Gasteiger partial charge is 0.465 e. The Morgan fingerprint density at radius 3 is 2.28 bits per heavy atom. The molecule has 0 aliphatic rings. The van der Waals surface area contributed by atoms with Crippen LogP contribution in [0.3, 0.4) is 0 Å². The molecule has 0 aliphatic heterocycles. The molecule has 0 aliphatic carbocycles. The van der Waals surface area contributed by atoms with Gasteiger partial charge in [-0.25, -0.2) is 4.39 Å². The number of carbonyl (C=O) groups excluding carboxylic acids is 3. The van der Waals surface area contributed by atoms with E-state index in [4.69, 9.17) is 4.74 Å². The topological polar surface area (TPSA) is 84.5 Å². The predicted molar refractivity (Wildman–Crippen MR) is 120 cm³/mol. The summed E-state index contributed by atoms with van der Waals surface area (Å²) >= 11 is 0. The summed E-state index contributed by atoms with van der Waals surface area (Å²) < 4.78 is 18.1. The van der Waals surface area contributed by atoms with E-state index in [2.05, 4.69) is 10.6 Å². The van der Waals surface area contributed by atoms with Gasteiger partial charge in [-0.1, -0.05) is 36.4 Å². The van der Waals surface area contributed by atoms with E-state index in [0.29, 0.717) is 23.4 Å². The summed E-state index contributed by atoms with van der Waals surface area (Å²) in [6.07, 6.45) is 0.549. The number of hydrogen-bond donors (Lipinski definition) is 2. The van der Waals surface area contributed by atoms with Crippen molar-refractivity contribution < 1.29 is 23.5 Å². The smallest absolute Gasteiger partial charge is 0.306 e. The van der Waals surface area contributed by atoms with Gasteiger partial charge in [-0.05, 0) is 48.0 Å². The monoisotopic (exact) mass is 434 g/mol. The first-order valence-electron chi connectivity index (χ1n) is 10.2. The highest BCUT2D eigenvalue weighted by Gasteiger charge is 2.11. The fourth-order valence-corrected chi connectivity index (χ4v) is 2.91. The van der Waals surface area contributed by atoms with Crippen molar-refractivity contribution in [3.05, 3.63) is 95.8 Å². The molecule has 0 heterocycles.